The minimum absolute atomic E-state index is 0.0538. The lowest BCUT2D eigenvalue weighted by atomic mass is 10.2. The highest BCUT2D eigenvalue weighted by Gasteiger charge is 2.21. The zero-order chi connectivity index (χ0) is 16.7. The second-order valence-corrected chi connectivity index (χ2v) is 4.82. The van der Waals surface area contributed by atoms with Crippen molar-refractivity contribution >= 4 is 17.5 Å². The standard InChI is InChI=1S/C15H19F3N2O2/c1-3-4-8-19-13(22)7-9-20(10(2)21)12-6-5-11(16)14(17)15(12)18/h5-6H,3-4,7-9H2,1-2H3,(H,19,22). The molecule has 0 fully saturated rings. The third kappa shape index (κ3) is 4.75. The fourth-order valence-electron chi connectivity index (χ4n) is 1.88. The van der Waals surface area contributed by atoms with E-state index in [1.807, 2.05) is 6.92 Å². The van der Waals surface area contributed by atoms with Crippen molar-refractivity contribution < 1.29 is 22.8 Å². The average Bonchev–Trinajstić information content (AvgIpc) is 2.47. The van der Waals surface area contributed by atoms with Gasteiger partial charge in [-0.2, -0.15) is 0 Å². The highest BCUT2D eigenvalue weighted by Crippen LogP contribution is 2.24. The molecule has 4 nitrogen and oxygen atoms in total. The van der Waals surface area contributed by atoms with Gasteiger partial charge >= 0.3 is 0 Å². The van der Waals surface area contributed by atoms with Gasteiger partial charge < -0.3 is 10.2 Å². The maximum Gasteiger partial charge on any atom is 0.223 e. The molecule has 0 spiro atoms. The fraction of sp³-hybridized carbons (Fsp3) is 0.467. The molecule has 0 atom stereocenters. The van der Waals surface area contributed by atoms with E-state index in [1.165, 1.54) is 0 Å². The minimum Gasteiger partial charge on any atom is -0.356 e. The van der Waals surface area contributed by atoms with Crippen LogP contribution in [-0.4, -0.2) is 24.9 Å². The highest BCUT2D eigenvalue weighted by atomic mass is 19.2. The lowest BCUT2D eigenvalue weighted by Gasteiger charge is -2.21. The summed E-state index contributed by atoms with van der Waals surface area (Å²) in [7, 11) is 0. The maximum absolute atomic E-state index is 13.7. The molecule has 0 aromatic heterocycles. The van der Waals surface area contributed by atoms with Crippen LogP contribution in [0.1, 0.15) is 33.1 Å². The van der Waals surface area contributed by atoms with E-state index in [1.54, 1.807) is 0 Å². The highest BCUT2D eigenvalue weighted by molar-refractivity contribution is 5.92. The number of anilines is 1. The van der Waals surface area contributed by atoms with E-state index in [9.17, 15) is 22.8 Å². The van der Waals surface area contributed by atoms with Crippen LogP contribution in [0.25, 0.3) is 0 Å². The molecule has 122 valence electrons. The third-order valence-electron chi connectivity index (χ3n) is 3.10. The van der Waals surface area contributed by atoms with Gasteiger partial charge in [0.15, 0.2) is 17.5 Å². The quantitative estimate of drug-likeness (QED) is 0.621. The van der Waals surface area contributed by atoms with Crippen LogP contribution in [0, 0.1) is 17.5 Å². The van der Waals surface area contributed by atoms with Gasteiger partial charge in [-0.25, -0.2) is 13.2 Å². The zero-order valence-electron chi connectivity index (χ0n) is 12.6. The molecule has 1 aromatic carbocycles. The van der Waals surface area contributed by atoms with Gasteiger partial charge in [-0.3, -0.25) is 9.59 Å². The molecule has 22 heavy (non-hydrogen) atoms. The lowest BCUT2D eigenvalue weighted by molar-refractivity contribution is -0.121. The molecule has 0 aliphatic carbocycles. The Morgan fingerprint density at radius 3 is 2.45 bits per heavy atom. The van der Waals surface area contributed by atoms with Crippen molar-refractivity contribution in [2.75, 3.05) is 18.0 Å². The van der Waals surface area contributed by atoms with Gasteiger partial charge in [-0.15, -0.1) is 0 Å². The number of hydrogen-bond acceptors (Lipinski definition) is 2. The summed E-state index contributed by atoms with van der Waals surface area (Å²) in [6.07, 6.45) is 1.71. The van der Waals surface area contributed by atoms with Crippen molar-refractivity contribution in [3.8, 4) is 0 Å². The van der Waals surface area contributed by atoms with Crippen LogP contribution in [0.2, 0.25) is 0 Å². The van der Waals surface area contributed by atoms with Gasteiger partial charge in [0.2, 0.25) is 11.8 Å². The number of carbonyl (C=O) groups excluding carboxylic acids is 2. The van der Waals surface area contributed by atoms with Crippen LogP contribution < -0.4 is 10.2 Å². The molecule has 0 aliphatic heterocycles. The maximum atomic E-state index is 13.7. The molecule has 0 saturated heterocycles. The summed E-state index contributed by atoms with van der Waals surface area (Å²) in [6.45, 7) is 3.55. The number of hydrogen-bond donors (Lipinski definition) is 1. The van der Waals surface area contributed by atoms with Crippen LogP contribution in [0.3, 0.4) is 0 Å². The van der Waals surface area contributed by atoms with Crippen LogP contribution in [0.15, 0.2) is 12.1 Å². The number of rotatable bonds is 7. The van der Waals surface area contributed by atoms with Crippen molar-refractivity contribution in [1.82, 2.24) is 5.32 Å². The Kier molecular flexibility index (Phi) is 6.88. The molecule has 0 aliphatic rings. The Morgan fingerprint density at radius 1 is 1.18 bits per heavy atom. The summed E-state index contributed by atoms with van der Waals surface area (Å²) < 4.78 is 39.9. The molecule has 1 N–H and O–H groups in total. The van der Waals surface area contributed by atoms with Crippen LogP contribution >= 0.6 is 0 Å². The topological polar surface area (TPSA) is 49.4 Å². The summed E-state index contributed by atoms with van der Waals surface area (Å²) >= 11 is 0. The molecule has 0 bridgehead atoms. The van der Waals surface area contributed by atoms with E-state index in [-0.39, 0.29) is 24.6 Å². The van der Waals surface area contributed by atoms with Crippen LogP contribution in [-0.2, 0) is 9.59 Å². The zero-order valence-corrected chi connectivity index (χ0v) is 12.6. The fourth-order valence-corrected chi connectivity index (χ4v) is 1.88. The molecular formula is C15H19F3N2O2. The molecule has 0 saturated carbocycles. The number of halogens is 3. The Hall–Kier alpha value is -2.05. The Bertz CT molecular complexity index is 550. The van der Waals surface area contributed by atoms with Gasteiger partial charge in [-0.1, -0.05) is 13.3 Å². The van der Waals surface area contributed by atoms with Crippen molar-refractivity contribution in [3.05, 3.63) is 29.6 Å². The van der Waals surface area contributed by atoms with E-state index in [2.05, 4.69) is 5.32 Å². The van der Waals surface area contributed by atoms with Gasteiger partial charge in [0.1, 0.15) is 0 Å². The number of nitrogens with one attached hydrogen (secondary N) is 1. The summed E-state index contributed by atoms with van der Waals surface area (Å²) in [4.78, 5) is 24.1. The molecule has 0 unspecified atom stereocenters. The van der Waals surface area contributed by atoms with Crippen molar-refractivity contribution in [1.29, 1.82) is 0 Å². The van der Waals surface area contributed by atoms with E-state index >= 15 is 0 Å². The van der Waals surface area contributed by atoms with E-state index in [0.29, 0.717) is 6.54 Å². The third-order valence-corrected chi connectivity index (χ3v) is 3.10. The Labute approximate surface area is 127 Å². The van der Waals surface area contributed by atoms with Crippen molar-refractivity contribution in [2.24, 2.45) is 0 Å². The SMILES string of the molecule is CCCCNC(=O)CCN(C(C)=O)c1ccc(F)c(F)c1F. The molecule has 2 amide bonds. The molecule has 0 heterocycles. The number of benzene rings is 1. The van der Waals surface area contributed by atoms with Gasteiger partial charge in [0, 0.05) is 26.4 Å². The number of nitrogens with zero attached hydrogens (tertiary/aromatic N) is 1. The van der Waals surface area contributed by atoms with Gasteiger partial charge in [0.05, 0.1) is 5.69 Å². The second-order valence-electron chi connectivity index (χ2n) is 4.82. The molecule has 7 heteroatoms. The minimum atomic E-state index is -1.64. The first-order valence-electron chi connectivity index (χ1n) is 7.06. The van der Waals surface area contributed by atoms with Gasteiger partial charge in [-0.05, 0) is 18.6 Å². The predicted molar refractivity (Wildman–Crippen MR) is 76.9 cm³/mol. The monoisotopic (exact) mass is 316 g/mol. The average molecular weight is 316 g/mol. The summed E-state index contributed by atoms with van der Waals surface area (Å²) in [5.41, 5.74) is -0.382. The Morgan fingerprint density at radius 2 is 1.86 bits per heavy atom. The smallest absolute Gasteiger partial charge is 0.223 e. The number of carbonyl (C=O) groups is 2. The summed E-state index contributed by atoms with van der Waals surface area (Å²) in [5, 5.41) is 2.66. The van der Waals surface area contributed by atoms with E-state index in [0.717, 1.165) is 36.8 Å². The largest absolute Gasteiger partial charge is 0.356 e. The first kappa shape index (κ1) is 18.0. The van der Waals surface area contributed by atoms with Gasteiger partial charge in [0.25, 0.3) is 0 Å². The molecule has 1 rings (SSSR count). The first-order valence-corrected chi connectivity index (χ1v) is 7.06. The summed E-state index contributed by atoms with van der Waals surface area (Å²) in [5.74, 6) is -5.27. The van der Waals surface area contributed by atoms with Crippen molar-refractivity contribution in [3.63, 3.8) is 0 Å². The second kappa shape index (κ2) is 8.41. The van der Waals surface area contributed by atoms with Crippen LogP contribution in [0.5, 0.6) is 0 Å². The summed E-state index contributed by atoms with van der Waals surface area (Å²) in [6, 6.07) is 1.72. The number of unbranched alkanes of at least 4 members (excludes halogenated alkanes) is 1. The molecular weight excluding hydrogens is 297 g/mol. The molecule has 0 radical (unpaired) electrons. The van der Waals surface area contributed by atoms with E-state index in [4.69, 9.17) is 0 Å². The Balaban J connectivity index is 2.77. The number of amides is 2. The molecule has 1 aromatic rings. The van der Waals surface area contributed by atoms with Crippen molar-refractivity contribution in [2.45, 2.75) is 33.1 Å². The van der Waals surface area contributed by atoms with E-state index < -0.39 is 23.4 Å². The predicted octanol–water partition coefficient (Wildman–Crippen LogP) is 2.76. The normalized spacial score (nSPS) is 10.4. The first-order chi connectivity index (χ1) is 10.4. The lowest BCUT2D eigenvalue weighted by Crippen LogP contribution is -2.34. The van der Waals surface area contributed by atoms with Crippen LogP contribution in [0.4, 0.5) is 18.9 Å².